The number of piperazine rings is 1. The first kappa shape index (κ1) is 13.6. The highest BCUT2D eigenvalue weighted by Crippen LogP contribution is 2.18. The second-order valence-electron chi connectivity index (χ2n) is 5.27. The highest BCUT2D eigenvalue weighted by Gasteiger charge is 2.11. The van der Waals surface area contributed by atoms with E-state index in [0.29, 0.717) is 5.92 Å². The van der Waals surface area contributed by atoms with E-state index >= 15 is 0 Å². The quantitative estimate of drug-likeness (QED) is 0.834. The van der Waals surface area contributed by atoms with Crippen LogP contribution in [-0.4, -0.2) is 47.2 Å². The molecular formula is C14H26N4. The average Bonchev–Trinajstić information content (AvgIpc) is 2.87. The lowest BCUT2D eigenvalue weighted by Gasteiger charge is -2.27. The molecule has 1 aliphatic rings. The number of nitrogens with one attached hydrogen (secondary N) is 1. The number of imidazole rings is 1. The summed E-state index contributed by atoms with van der Waals surface area (Å²) in [5.74, 6) is 0.617. The topological polar surface area (TPSA) is 33.1 Å². The lowest BCUT2D eigenvalue weighted by molar-refractivity contribution is 0.234. The van der Waals surface area contributed by atoms with Crippen LogP contribution >= 0.6 is 0 Å². The Morgan fingerprint density at radius 2 is 2.11 bits per heavy atom. The summed E-state index contributed by atoms with van der Waals surface area (Å²) >= 11 is 0. The smallest absolute Gasteiger partial charge is 0.0948 e. The fourth-order valence-electron chi connectivity index (χ4n) is 2.54. The van der Waals surface area contributed by atoms with E-state index in [1.54, 1.807) is 0 Å². The van der Waals surface area contributed by atoms with Crippen molar-refractivity contribution < 1.29 is 0 Å². The monoisotopic (exact) mass is 250 g/mol. The summed E-state index contributed by atoms with van der Waals surface area (Å²) < 4.78 is 2.33. The highest BCUT2D eigenvalue weighted by molar-refractivity contribution is 5.04. The molecule has 2 rings (SSSR count). The Morgan fingerprint density at radius 1 is 1.33 bits per heavy atom. The van der Waals surface area contributed by atoms with Crippen LogP contribution in [0.15, 0.2) is 12.5 Å². The number of rotatable bonds is 6. The van der Waals surface area contributed by atoms with Crippen LogP contribution in [0.4, 0.5) is 0 Å². The van der Waals surface area contributed by atoms with Gasteiger partial charge in [0.05, 0.1) is 6.33 Å². The van der Waals surface area contributed by atoms with Crippen molar-refractivity contribution >= 4 is 0 Å². The zero-order valence-corrected chi connectivity index (χ0v) is 11.7. The van der Waals surface area contributed by atoms with Crippen molar-refractivity contribution in [3.8, 4) is 0 Å². The maximum absolute atomic E-state index is 4.30. The molecule has 4 nitrogen and oxygen atoms in total. The summed E-state index contributed by atoms with van der Waals surface area (Å²) in [4.78, 5) is 6.85. The van der Waals surface area contributed by atoms with Crippen LogP contribution in [0.25, 0.3) is 0 Å². The van der Waals surface area contributed by atoms with Gasteiger partial charge in [0, 0.05) is 44.6 Å². The Bertz CT molecular complexity index is 341. The van der Waals surface area contributed by atoms with Gasteiger partial charge in [-0.25, -0.2) is 4.98 Å². The third-order valence-electron chi connectivity index (χ3n) is 3.94. The lowest BCUT2D eigenvalue weighted by Crippen LogP contribution is -2.43. The van der Waals surface area contributed by atoms with Crippen LogP contribution in [-0.2, 0) is 6.54 Å². The maximum Gasteiger partial charge on any atom is 0.0948 e. The molecule has 102 valence electrons. The van der Waals surface area contributed by atoms with Crippen molar-refractivity contribution in [1.29, 1.82) is 0 Å². The van der Waals surface area contributed by atoms with Crippen molar-refractivity contribution in [3.05, 3.63) is 18.2 Å². The van der Waals surface area contributed by atoms with Gasteiger partial charge in [-0.1, -0.05) is 13.8 Å². The van der Waals surface area contributed by atoms with Gasteiger partial charge < -0.3 is 14.8 Å². The van der Waals surface area contributed by atoms with E-state index in [-0.39, 0.29) is 0 Å². The number of aryl methyl sites for hydroxylation is 1. The van der Waals surface area contributed by atoms with E-state index in [1.165, 1.54) is 38.2 Å². The number of hydrogen-bond acceptors (Lipinski definition) is 3. The van der Waals surface area contributed by atoms with Crippen molar-refractivity contribution in [2.24, 2.45) is 0 Å². The molecule has 0 aliphatic carbocycles. The molecule has 0 bridgehead atoms. The molecule has 1 aromatic rings. The molecule has 18 heavy (non-hydrogen) atoms. The Balaban J connectivity index is 1.77. The minimum Gasteiger partial charge on any atom is -0.334 e. The average molecular weight is 250 g/mol. The SMILES string of the molecule is CCC(C)c1cncn1CCCN1CCNCC1. The molecule has 0 spiro atoms. The molecule has 1 fully saturated rings. The standard InChI is InChI=1S/C14H26N4/c1-3-13(2)14-11-16-12-18(14)8-4-7-17-9-5-15-6-10-17/h11-13,15H,3-10H2,1-2H3. The first-order valence-electron chi connectivity index (χ1n) is 7.24. The summed E-state index contributed by atoms with van der Waals surface area (Å²) in [6, 6.07) is 0. The largest absolute Gasteiger partial charge is 0.334 e. The van der Waals surface area contributed by atoms with Gasteiger partial charge >= 0.3 is 0 Å². The van der Waals surface area contributed by atoms with Gasteiger partial charge in [-0.2, -0.15) is 0 Å². The van der Waals surface area contributed by atoms with Gasteiger partial charge in [-0.3, -0.25) is 0 Å². The summed E-state index contributed by atoms with van der Waals surface area (Å²) in [5, 5.41) is 3.39. The third-order valence-corrected chi connectivity index (χ3v) is 3.94. The molecule has 2 heterocycles. The fraction of sp³-hybridized carbons (Fsp3) is 0.786. The van der Waals surface area contributed by atoms with Gasteiger partial charge in [0.25, 0.3) is 0 Å². The van der Waals surface area contributed by atoms with Crippen LogP contribution in [0.2, 0.25) is 0 Å². The minimum atomic E-state index is 0.617. The van der Waals surface area contributed by atoms with Gasteiger partial charge in [-0.05, 0) is 25.3 Å². The Labute approximate surface area is 110 Å². The summed E-state index contributed by atoms with van der Waals surface area (Å²) in [6.07, 6.45) is 6.42. The Morgan fingerprint density at radius 3 is 2.83 bits per heavy atom. The van der Waals surface area contributed by atoms with E-state index in [9.17, 15) is 0 Å². The van der Waals surface area contributed by atoms with Crippen LogP contribution in [0.3, 0.4) is 0 Å². The molecule has 0 aromatic carbocycles. The van der Waals surface area contributed by atoms with E-state index in [4.69, 9.17) is 0 Å². The Kier molecular flexibility index (Phi) is 5.20. The first-order chi connectivity index (χ1) is 8.81. The predicted octanol–water partition coefficient (Wildman–Crippen LogP) is 1.69. The predicted molar refractivity (Wildman–Crippen MR) is 74.9 cm³/mol. The van der Waals surface area contributed by atoms with E-state index < -0.39 is 0 Å². The molecule has 1 N–H and O–H groups in total. The second-order valence-corrected chi connectivity index (χ2v) is 5.27. The summed E-state index contributed by atoms with van der Waals surface area (Å²) in [7, 11) is 0. The molecule has 1 aliphatic heterocycles. The molecule has 1 atom stereocenters. The van der Waals surface area contributed by atoms with Crippen LogP contribution in [0.1, 0.15) is 38.3 Å². The Hall–Kier alpha value is -0.870. The first-order valence-corrected chi connectivity index (χ1v) is 7.24. The maximum atomic E-state index is 4.30. The van der Waals surface area contributed by atoms with E-state index in [1.807, 2.05) is 12.5 Å². The molecular weight excluding hydrogens is 224 g/mol. The molecule has 1 unspecified atom stereocenters. The van der Waals surface area contributed by atoms with Gasteiger partial charge in [0.15, 0.2) is 0 Å². The molecule has 0 radical (unpaired) electrons. The van der Waals surface area contributed by atoms with Gasteiger partial charge in [-0.15, -0.1) is 0 Å². The number of nitrogens with zero attached hydrogens (tertiary/aromatic N) is 3. The van der Waals surface area contributed by atoms with Crippen LogP contribution in [0.5, 0.6) is 0 Å². The zero-order valence-electron chi connectivity index (χ0n) is 11.7. The van der Waals surface area contributed by atoms with Crippen LogP contribution in [0, 0.1) is 0 Å². The zero-order chi connectivity index (χ0) is 12.8. The van der Waals surface area contributed by atoms with Gasteiger partial charge in [0.1, 0.15) is 0 Å². The summed E-state index contributed by atoms with van der Waals surface area (Å²) in [5.41, 5.74) is 1.39. The third kappa shape index (κ3) is 3.56. The minimum absolute atomic E-state index is 0.617. The fourth-order valence-corrected chi connectivity index (χ4v) is 2.54. The van der Waals surface area contributed by atoms with Gasteiger partial charge in [0.2, 0.25) is 0 Å². The molecule has 0 amide bonds. The van der Waals surface area contributed by atoms with E-state index in [0.717, 1.165) is 19.6 Å². The molecule has 4 heteroatoms. The normalized spacial score (nSPS) is 19.0. The lowest BCUT2D eigenvalue weighted by atomic mass is 10.1. The molecule has 0 saturated carbocycles. The second kappa shape index (κ2) is 6.90. The van der Waals surface area contributed by atoms with Crippen molar-refractivity contribution in [2.75, 3.05) is 32.7 Å². The number of aromatic nitrogens is 2. The molecule has 1 aromatic heterocycles. The summed E-state index contributed by atoms with van der Waals surface area (Å²) in [6.45, 7) is 11.5. The molecule has 1 saturated heterocycles. The van der Waals surface area contributed by atoms with Crippen LogP contribution < -0.4 is 5.32 Å². The van der Waals surface area contributed by atoms with E-state index in [2.05, 4.69) is 33.6 Å². The highest BCUT2D eigenvalue weighted by atomic mass is 15.2. The van der Waals surface area contributed by atoms with Crippen molar-refractivity contribution in [1.82, 2.24) is 19.8 Å². The van der Waals surface area contributed by atoms with Crippen molar-refractivity contribution in [3.63, 3.8) is 0 Å². The number of hydrogen-bond donors (Lipinski definition) is 1. The van der Waals surface area contributed by atoms with Crippen molar-refractivity contribution in [2.45, 2.75) is 39.2 Å².